The molecule has 0 aliphatic carbocycles. The van der Waals surface area contributed by atoms with Crippen molar-refractivity contribution in [1.82, 2.24) is 4.90 Å². The van der Waals surface area contributed by atoms with E-state index in [1.54, 1.807) is 0 Å². The zero-order chi connectivity index (χ0) is 14.8. The predicted octanol–water partition coefficient (Wildman–Crippen LogP) is 1.40. The van der Waals surface area contributed by atoms with Gasteiger partial charge in [0.15, 0.2) is 0 Å². The number of hydrogen-bond donors (Lipinski definition) is 2. The molecule has 0 aliphatic heterocycles. The van der Waals surface area contributed by atoms with E-state index in [1.807, 2.05) is 54.6 Å². The van der Waals surface area contributed by atoms with Gasteiger partial charge in [-0.05, 0) is 6.54 Å². The first-order chi connectivity index (χ1) is 9.58. The fourth-order valence-electron chi connectivity index (χ4n) is 1.65. The molecule has 0 saturated carbocycles. The summed E-state index contributed by atoms with van der Waals surface area (Å²) in [4.78, 5) is 22.3. The van der Waals surface area contributed by atoms with Crippen molar-refractivity contribution in [1.29, 1.82) is 0 Å². The van der Waals surface area contributed by atoms with Crippen molar-refractivity contribution in [2.75, 3.05) is 13.1 Å². The van der Waals surface area contributed by atoms with Gasteiger partial charge in [0.25, 0.3) is 0 Å². The van der Waals surface area contributed by atoms with Gasteiger partial charge in [-0.25, -0.2) is 24.3 Å². The van der Waals surface area contributed by atoms with Gasteiger partial charge in [-0.1, -0.05) is 0 Å². The van der Waals surface area contributed by atoms with Crippen molar-refractivity contribution in [3.8, 4) is 0 Å². The van der Waals surface area contributed by atoms with Crippen LogP contribution in [0.4, 0.5) is 0 Å². The van der Waals surface area contributed by atoms with Gasteiger partial charge >= 0.3 is 29.0 Å². The summed E-state index contributed by atoms with van der Waals surface area (Å²) in [5.74, 6) is -2.05. The smallest absolute Gasteiger partial charge is 0.480 e. The van der Waals surface area contributed by atoms with Crippen LogP contribution in [-0.2, 0) is 33.2 Å². The molecule has 0 heterocycles. The molecule has 1 radical (unpaired) electrons. The van der Waals surface area contributed by atoms with Gasteiger partial charge in [0, 0.05) is 29.6 Å². The zero-order valence-corrected chi connectivity index (χ0v) is 15.4. The van der Waals surface area contributed by atoms with Crippen LogP contribution >= 0.6 is 0 Å². The maximum absolute atomic E-state index is 10.5. The van der Waals surface area contributed by atoms with Gasteiger partial charge in [0.2, 0.25) is 0 Å². The Hall–Kier alpha value is -0.881. The van der Waals surface area contributed by atoms with Crippen LogP contribution in [0.1, 0.15) is 5.56 Å². The van der Waals surface area contributed by atoms with E-state index in [2.05, 4.69) is 0 Å². The first-order valence-electron chi connectivity index (χ1n) is 6.11. The predicted molar refractivity (Wildman–Crippen MR) is 80.4 cm³/mol. The van der Waals surface area contributed by atoms with Crippen molar-refractivity contribution in [3.05, 3.63) is 60.2 Å². The molecule has 0 saturated heterocycles. The molecule has 22 heavy (non-hydrogen) atoms. The fourth-order valence-corrected chi connectivity index (χ4v) is 1.65. The molecule has 0 spiro atoms. The largest absolute Gasteiger partial charge is 2.00 e. The molecule has 2 rings (SSSR count). The minimum atomic E-state index is -1.03. The van der Waals surface area contributed by atoms with Gasteiger partial charge in [0.05, 0.1) is 13.1 Å². The molecule has 0 aromatic heterocycles. The maximum Gasteiger partial charge on any atom is 2.00 e. The van der Waals surface area contributed by atoms with E-state index in [-0.39, 0.29) is 59.7 Å². The molecular formula is C15H17FeNNaO4. The molecule has 0 amide bonds. The van der Waals surface area contributed by atoms with Crippen molar-refractivity contribution in [2.24, 2.45) is 0 Å². The fraction of sp³-hybridized carbons (Fsp3) is 0.200. The summed E-state index contributed by atoms with van der Waals surface area (Å²) in [5.41, 5.74) is 0.914. The van der Waals surface area contributed by atoms with E-state index in [1.165, 1.54) is 4.90 Å². The molecule has 5 nitrogen and oxygen atoms in total. The van der Waals surface area contributed by atoms with Crippen LogP contribution in [0.2, 0.25) is 0 Å². The van der Waals surface area contributed by atoms with E-state index >= 15 is 0 Å². The van der Waals surface area contributed by atoms with Crippen LogP contribution in [-0.4, -0.2) is 69.7 Å². The minimum Gasteiger partial charge on any atom is -0.480 e. The first-order valence-corrected chi connectivity index (χ1v) is 6.11. The Morgan fingerprint density at radius 2 is 1.41 bits per heavy atom. The van der Waals surface area contributed by atoms with Crippen LogP contribution in [0.3, 0.4) is 0 Å². The van der Waals surface area contributed by atoms with Gasteiger partial charge in [0.1, 0.15) is 0 Å². The zero-order valence-electron chi connectivity index (χ0n) is 12.3. The summed E-state index contributed by atoms with van der Waals surface area (Å²) in [6.45, 7) is -0.194. The molecule has 0 atom stereocenters. The van der Waals surface area contributed by atoms with Crippen LogP contribution < -0.4 is 0 Å². The number of aliphatic carboxylic acids is 2. The molecular weight excluding hydrogens is 337 g/mol. The summed E-state index contributed by atoms with van der Waals surface area (Å²) in [7, 11) is 0. The number of rotatable bonds is 6. The summed E-state index contributed by atoms with van der Waals surface area (Å²) in [6, 6.07) is 17.3. The molecule has 0 fully saturated rings. The molecule has 2 aromatic rings. The molecule has 7 heteroatoms. The Labute approximate surface area is 162 Å². The van der Waals surface area contributed by atoms with Crippen LogP contribution in [0.5, 0.6) is 0 Å². The van der Waals surface area contributed by atoms with Crippen molar-refractivity contribution in [2.45, 2.75) is 6.54 Å². The summed E-state index contributed by atoms with van der Waals surface area (Å²) in [6.07, 6.45) is 0. The monoisotopic (exact) mass is 354 g/mol. The Kier molecular flexibility index (Phi) is 14.6. The summed E-state index contributed by atoms with van der Waals surface area (Å²) in [5, 5.41) is 17.2. The number of carbonyl (C=O) groups is 2. The van der Waals surface area contributed by atoms with Crippen molar-refractivity contribution in [3.63, 3.8) is 0 Å². The number of carboxylic acids is 2. The Bertz CT molecular complexity index is 466. The Morgan fingerprint density at radius 1 is 0.955 bits per heavy atom. The molecule has 0 bridgehead atoms. The Balaban J connectivity index is 0. The van der Waals surface area contributed by atoms with Gasteiger partial charge in [-0.3, -0.25) is 14.5 Å². The topological polar surface area (TPSA) is 77.8 Å². The van der Waals surface area contributed by atoms with Crippen LogP contribution in [0, 0.1) is 0 Å². The van der Waals surface area contributed by atoms with E-state index in [4.69, 9.17) is 10.2 Å². The third-order valence-electron chi connectivity index (χ3n) is 2.41. The SMILES string of the molecule is O=C(O)CN(CC(=O)O)C[c-]1cccc1.[Fe+2].[Na].c1cc[cH-]c1. The van der Waals surface area contributed by atoms with E-state index in [9.17, 15) is 9.59 Å². The average molecular weight is 354 g/mol. The van der Waals surface area contributed by atoms with E-state index in [0.717, 1.165) is 5.56 Å². The third-order valence-corrected chi connectivity index (χ3v) is 2.41. The third kappa shape index (κ3) is 11.7. The van der Waals surface area contributed by atoms with Crippen LogP contribution in [0.15, 0.2) is 54.6 Å². The van der Waals surface area contributed by atoms with Gasteiger partial charge in [-0.2, -0.15) is 30.3 Å². The minimum absolute atomic E-state index is 0. The second-order valence-corrected chi connectivity index (χ2v) is 4.19. The maximum atomic E-state index is 10.5. The molecule has 0 unspecified atom stereocenters. The summed E-state index contributed by atoms with van der Waals surface area (Å²) < 4.78 is 0. The molecule has 0 aliphatic rings. The quantitative estimate of drug-likeness (QED) is 0.606. The number of carboxylic acid groups (broad SMARTS) is 2. The summed E-state index contributed by atoms with van der Waals surface area (Å²) >= 11 is 0. The number of nitrogens with zero attached hydrogens (tertiary/aromatic N) is 1. The van der Waals surface area contributed by atoms with Gasteiger partial charge < -0.3 is 10.2 Å². The van der Waals surface area contributed by atoms with Crippen molar-refractivity contribution < 1.29 is 36.9 Å². The first kappa shape index (κ1) is 23.4. The van der Waals surface area contributed by atoms with Crippen molar-refractivity contribution >= 4 is 41.5 Å². The van der Waals surface area contributed by atoms with Gasteiger partial charge in [-0.15, -0.1) is 5.56 Å². The normalized spacial score (nSPS) is 8.95. The molecule has 115 valence electrons. The van der Waals surface area contributed by atoms with E-state index in [0.29, 0.717) is 6.54 Å². The van der Waals surface area contributed by atoms with Crippen LogP contribution in [0.25, 0.3) is 0 Å². The second kappa shape index (κ2) is 13.8. The molecule has 2 N–H and O–H groups in total. The Morgan fingerprint density at radius 3 is 1.73 bits per heavy atom. The van der Waals surface area contributed by atoms with E-state index < -0.39 is 11.9 Å². The number of hydrogen-bond acceptors (Lipinski definition) is 3. The molecule has 2 aromatic carbocycles. The average Bonchev–Trinajstić information content (AvgIpc) is 3.02. The standard InChI is InChI=1S/C10H12NO4.C5H5.Fe.Na/c12-9(13)6-11(7-10(14)15)5-8-3-1-2-4-8;1-2-4-5-3-1;;/h1-4H,5-7H2,(H,12,13)(H,14,15);1-5H;;/q2*-1;+2;. The second-order valence-electron chi connectivity index (χ2n) is 4.19.